The normalized spacial score (nSPS) is 10.7. The summed E-state index contributed by atoms with van der Waals surface area (Å²) in [5, 5.41) is 1.12. The maximum Gasteiger partial charge on any atom is 0.186 e. The SMILES string of the molecule is CCCN(C)c1nc2ccccc2s1. The summed E-state index contributed by atoms with van der Waals surface area (Å²) >= 11 is 1.76. The second-order valence-electron chi connectivity index (χ2n) is 3.39. The third-order valence-corrected chi connectivity index (χ3v) is 3.32. The van der Waals surface area contributed by atoms with E-state index in [4.69, 9.17) is 0 Å². The number of benzene rings is 1. The van der Waals surface area contributed by atoms with Gasteiger partial charge in [0.05, 0.1) is 10.2 Å². The van der Waals surface area contributed by atoms with Gasteiger partial charge < -0.3 is 4.90 Å². The molecule has 0 saturated carbocycles. The van der Waals surface area contributed by atoms with Crippen LogP contribution in [0.4, 0.5) is 5.13 Å². The quantitative estimate of drug-likeness (QED) is 0.767. The number of aromatic nitrogens is 1. The summed E-state index contributed by atoms with van der Waals surface area (Å²) in [5.41, 5.74) is 1.11. The van der Waals surface area contributed by atoms with Gasteiger partial charge in [-0.15, -0.1) is 0 Å². The topological polar surface area (TPSA) is 16.1 Å². The Morgan fingerprint density at radius 3 is 2.86 bits per heavy atom. The van der Waals surface area contributed by atoms with Crippen LogP contribution in [0.1, 0.15) is 13.3 Å². The van der Waals surface area contributed by atoms with Crippen molar-refractivity contribution in [3.63, 3.8) is 0 Å². The Labute approximate surface area is 88.2 Å². The first-order chi connectivity index (χ1) is 6.81. The zero-order valence-corrected chi connectivity index (χ0v) is 9.34. The van der Waals surface area contributed by atoms with Crippen molar-refractivity contribution in [2.75, 3.05) is 18.5 Å². The monoisotopic (exact) mass is 206 g/mol. The molecule has 0 aliphatic heterocycles. The number of hydrogen-bond acceptors (Lipinski definition) is 3. The van der Waals surface area contributed by atoms with Crippen molar-refractivity contribution in [2.45, 2.75) is 13.3 Å². The molecular formula is C11H14N2S. The molecular weight excluding hydrogens is 192 g/mol. The van der Waals surface area contributed by atoms with Gasteiger partial charge in [-0.2, -0.15) is 0 Å². The van der Waals surface area contributed by atoms with E-state index < -0.39 is 0 Å². The summed E-state index contributed by atoms with van der Waals surface area (Å²) in [4.78, 5) is 6.79. The van der Waals surface area contributed by atoms with Crippen LogP contribution in [-0.4, -0.2) is 18.6 Å². The zero-order chi connectivity index (χ0) is 9.97. The lowest BCUT2D eigenvalue weighted by Crippen LogP contribution is -2.17. The number of nitrogens with zero attached hydrogens (tertiary/aromatic N) is 2. The number of hydrogen-bond donors (Lipinski definition) is 0. The fraction of sp³-hybridized carbons (Fsp3) is 0.364. The number of fused-ring (bicyclic) bond motifs is 1. The number of thiazole rings is 1. The summed E-state index contributed by atoms with van der Waals surface area (Å²) in [7, 11) is 2.10. The molecule has 2 rings (SSSR count). The Bertz CT molecular complexity index is 389. The highest BCUT2D eigenvalue weighted by atomic mass is 32.1. The summed E-state index contributed by atoms with van der Waals surface area (Å²) in [5.74, 6) is 0. The molecule has 0 amide bonds. The Kier molecular flexibility index (Phi) is 2.68. The number of anilines is 1. The molecule has 0 N–H and O–H groups in total. The molecule has 2 aromatic rings. The first kappa shape index (κ1) is 9.46. The van der Waals surface area contributed by atoms with E-state index in [1.807, 2.05) is 6.07 Å². The molecule has 0 aliphatic carbocycles. The predicted octanol–water partition coefficient (Wildman–Crippen LogP) is 3.14. The Morgan fingerprint density at radius 2 is 2.14 bits per heavy atom. The Balaban J connectivity index is 2.35. The van der Waals surface area contributed by atoms with Crippen LogP contribution >= 0.6 is 11.3 Å². The number of para-hydroxylation sites is 1. The van der Waals surface area contributed by atoms with Gasteiger partial charge in [0.1, 0.15) is 0 Å². The van der Waals surface area contributed by atoms with Crippen LogP contribution in [0, 0.1) is 0 Å². The molecule has 2 nitrogen and oxygen atoms in total. The third kappa shape index (κ3) is 1.73. The van der Waals surface area contributed by atoms with E-state index in [9.17, 15) is 0 Å². The van der Waals surface area contributed by atoms with Crippen molar-refractivity contribution in [3.05, 3.63) is 24.3 Å². The lowest BCUT2D eigenvalue weighted by Gasteiger charge is -2.13. The highest BCUT2D eigenvalue weighted by Crippen LogP contribution is 2.27. The Hall–Kier alpha value is -1.09. The van der Waals surface area contributed by atoms with E-state index in [0.29, 0.717) is 0 Å². The van der Waals surface area contributed by atoms with E-state index in [2.05, 4.69) is 42.1 Å². The van der Waals surface area contributed by atoms with Crippen molar-refractivity contribution in [1.29, 1.82) is 0 Å². The molecule has 74 valence electrons. The average molecular weight is 206 g/mol. The standard InChI is InChI=1S/C11H14N2S/c1-3-8-13(2)11-12-9-6-4-5-7-10(9)14-11/h4-7H,3,8H2,1-2H3. The lowest BCUT2D eigenvalue weighted by atomic mass is 10.3. The fourth-order valence-electron chi connectivity index (χ4n) is 1.45. The van der Waals surface area contributed by atoms with E-state index in [1.54, 1.807) is 11.3 Å². The summed E-state index contributed by atoms with van der Waals surface area (Å²) in [6, 6.07) is 8.28. The van der Waals surface area contributed by atoms with Gasteiger partial charge in [0, 0.05) is 13.6 Å². The predicted molar refractivity (Wildman–Crippen MR) is 63.2 cm³/mol. The maximum atomic E-state index is 4.58. The molecule has 0 bridgehead atoms. The molecule has 0 unspecified atom stereocenters. The molecule has 3 heteroatoms. The van der Waals surface area contributed by atoms with Gasteiger partial charge in [0.15, 0.2) is 5.13 Å². The first-order valence-electron chi connectivity index (χ1n) is 4.88. The van der Waals surface area contributed by atoms with Crippen molar-refractivity contribution in [3.8, 4) is 0 Å². The molecule has 0 spiro atoms. The highest BCUT2D eigenvalue weighted by molar-refractivity contribution is 7.22. The third-order valence-electron chi connectivity index (χ3n) is 2.17. The van der Waals surface area contributed by atoms with E-state index >= 15 is 0 Å². The van der Waals surface area contributed by atoms with Crippen LogP contribution in [0.2, 0.25) is 0 Å². The van der Waals surface area contributed by atoms with Gasteiger partial charge >= 0.3 is 0 Å². The second kappa shape index (κ2) is 3.96. The minimum absolute atomic E-state index is 1.07. The van der Waals surface area contributed by atoms with Gasteiger partial charge in [0.2, 0.25) is 0 Å². The Morgan fingerprint density at radius 1 is 1.36 bits per heavy atom. The minimum Gasteiger partial charge on any atom is -0.351 e. The van der Waals surface area contributed by atoms with Crippen molar-refractivity contribution in [1.82, 2.24) is 4.98 Å². The average Bonchev–Trinajstić information content (AvgIpc) is 2.61. The van der Waals surface area contributed by atoms with Crippen LogP contribution in [0.5, 0.6) is 0 Å². The zero-order valence-electron chi connectivity index (χ0n) is 8.53. The molecule has 0 aliphatic rings. The molecule has 1 aromatic carbocycles. The van der Waals surface area contributed by atoms with Crippen LogP contribution in [0.25, 0.3) is 10.2 Å². The molecule has 0 radical (unpaired) electrons. The second-order valence-corrected chi connectivity index (χ2v) is 4.39. The molecule has 14 heavy (non-hydrogen) atoms. The summed E-state index contributed by atoms with van der Waals surface area (Å²) < 4.78 is 1.27. The van der Waals surface area contributed by atoms with E-state index in [1.165, 1.54) is 4.70 Å². The molecule has 0 atom stereocenters. The van der Waals surface area contributed by atoms with Crippen molar-refractivity contribution >= 4 is 26.7 Å². The fourth-order valence-corrected chi connectivity index (χ4v) is 2.41. The maximum absolute atomic E-state index is 4.58. The van der Waals surface area contributed by atoms with Crippen LogP contribution in [0.15, 0.2) is 24.3 Å². The largest absolute Gasteiger partial charge is 0.351 e. The van der Waals surface area contributed by atoms with Gasteiger partial charge in [-0.1, -0.05) is 30.4 Å². The molecule has 0 fully saturated rings. The molecule has 1 aromatic heterocycles. The van der Waals surface area contributed by atoms with Gasteiger partial charge in [-0.05, 0) is 18.6 Å². The van der Waals surface area contributed by atoms with Crippen molar-refractivity contribution in [2.24, 2.45) is 0 Å². The van der Waals surface area contributed by atoms with Crippen LogP contribution in [-0.2, 0) is 0 Å². The number of rotatable bonds is 3. The van der Waals surface area contributed by atoms with Crippen LogP contribution < -0.4 is 4.90 Å². The van der Waals surface area contributed by atoms with E-state index in [-0.39, 0.29) is 0 Å². The van der Waals surface area contributed by atoms with Gasteiger partial charge in [-0.3, -0.25) is 0 Å². The summed E-state index contributed by atoms with van der Waals surface area (Å²) in [6.45, 7) is 3.25. The first-order valence-corrected chi connectivity index (χ1v) is 5.69. The smallest absolute Gasteiger partial charge is 0.186 e. The van der Waals surface area contributed by atoms with Gasteiger partial charge in [0.25, 0.3) is 0 Å². The molecule has 1 heterocycles. The van der Waals surface area contributed by atoms with Gasteiger partial charge in [-0.25, -0.2) is 4.98 Å². The van der Waals surface area contributed by atoms with Crippen LogP contribution in [0.3, 0.4) is 0 Å². The molecule has 0 saturated heterocycles. The highest BCUT2D eigenvalue weighted by Gasteiger charge is 2.06. The minimum atomic E-state index is 1.07. The summed E-state index contributed by atoms with van der Waals surface area (Å²) in [6.07, 6.45) is 1.16. The van der Waals surface area contributed by atoms with E-state index in [0.717, 1.165) is 23.6 Å². The van der Waals surface area contributed by atoms with Crippen molar-refractivity contribution < 1.29 is 0 Å². The lowest BCUT2D eigenvalue weighted by molar-refractivity contribution is 0.849.